The van der Waals surface area contributed by atoms with Crippen LogP contribution in [0.5, 0.6) is 0 Å². The average Bonchev–Trinajstić information content (AvgIpc) is 1.59. The number of hydrogen-bond donors (Lipinski definition) is 0. The highest BCUT2D eigenvalue weighted by molar-refractivity contribution is 7.92. The second-order valence-electron chi connectivity index (χ2n) is 2.02. The molecule has 1 radical (unpaired) electrons. The summed E-state index contributed by atoms with van der Waals surface area (Å²) in [7, 11) is -3.27. The van der Waals surface area contributed by atoms with E-state index in [1.807, 2.05) is 0 Å². The van der Waals surface area contributed by atoms with Gasteiger partial charge in [-0.3, -0.25) is 10.5 Å². The van der Waals surface area contributed by atoms with Gasteiger partial charge in [-0.1, -0.05) is 6.92 Å². The molecular weight excluding hydrogens is 154 g/mol. The molecule has 59 valence electrons. The molecule has 0 heterocycles. The molecule has 0 aliphatic rings. The fraction of sp³-hybridized carbons (Fsp3) is 0.800. The van der Waals surface area contributed by atoms with E-state index in [0.717, 1.165) is 0 Å². The van der Waals surface area contributed by atoms with E-state index < -0.39 is 21.5 Å². The van der Waals surface area contributed by atoms with E-state index in [0.29, 0.717) is 6.42 Å². The first-order chi connectivity index (χ1) is 4.48. The van der Waals surface area contributed by atoms with E-state index in [4.69, 9.17) is 5.73 Å². The van der Waals surface area contributed by atoms with Crippen molar-refractivity contribution in [3.8, 4) is 0 Å². The minimum atomic E-state index is -3.27. The molecular formula is C5H10NO3S. The van der Waals surface area contributed by atoms with Gasteiger partial charge in [0.25, 0.3) is 5.91 Å². The van der Waals surface area contributed by atoms with Gasteiger partial charge in [-0.25, -0.2) is 8.42 Å². The smallest absolute Gasteiger partial charge is 0.253 e. The Morgan fingerprint density at radius 2 is 2.00 bits per heavy atom. The van der Waals surface area contributed by atoms with E-state index in [1.165, 1.54) is 0 Å². The van der Waals surface area contributed by atoms with Crippen LogP contribution in [0.2, 0.25) is 0 Å². The molecule has 0 aromatic rings. The van der Waals surface area contributed by atoms with Crippen LogP contribution in [0.15, 0.2) is 0 Å². The second kappa shape index (κ2) is 3.55. The van der Waals surface area contributed by atoms with Crippen LogP contribution in [0.3, 0.4) is 0 Å². The summed E-state index contributed by atoms with van der Waals surface area (Å²) in [6, 6.07) is 0. The standard InChI is InChI=1S/C5H10NO3S/c1-2-3-10(8,9)4-5(6)7/h6H,2-4H2,1H3. The van der Waals surface area contributed by atoms with Crippen LogP contribution in [0, 0.1) is 0 Å². The third-order valence-corrected chi connectivity index (χ3v) is 2.60. The molecule has 1 amide bonds. The molecule has 1 N–H and O–H groups in total. The van der Waals surface area contributed by atoms with E-state index in [2.05, 4.69) is 0 Å². The van der Waals surface area contributed by atoms with E-state index in [9.17, 15) is 13.2 Å². The van der Waals surface area contributed by atoms with Crippen LogP contribution in [0.25, 0.3) is 0 Å². The van der Waals surface area contributed by atoms with E-state index in [1.54, 1.807) is 6.92 Å². The van der Waals surface area contributed by atoms with Gasteiger partial charge in [-0.15, -0.1) is 0 Å². The maximum Gasteiger partial charge on any atom is 0.253 e. The number of sulfone groups is 1. The normalized spacial score (nSPS) is 11.3. The molecule has 10 heavy (non-hydrogen) atoms. The van der Waals surface area contributed by atoms with Gasteiger partial charge in [0.2, 0.25) is 0 Å². The lowest BCUT2D eigenvalue weighted by Gasteiger charge is -1.95. The minimum Gasteiger partial charge on any atom is -0.272 e. The van der Waals surface area contributed by atoms with Crippen LogP contribution < -0.4 is 5.73 Å². The highest BCUT2D eigenvalue weighted by Crippen LogP contribution is 1.91. The summed E-state index contributed by atoms with van der Waals surface area (Å²) in [5.41, 5.74) is 6.39. The largest absolute Gasteiger partial charge is 0.272 e. The van der Waals surface area contributed by atoms with Gasteiger partial charge in [0.15, 0.2) is 9.84 Å². The zero-order chi connectivity index (χ0) is 8.20. The predicted octanol–water partition coefficient (Wildman–Crippen LogP) is -0.379. The van der Waals surface area contributed by atoms with E-state index >= 15 is 0 Å². The quantitative estimate of drug-likeness (QED) is 0.568. The summed E-state index contributed by atoms with van der Waals surface area (Å²) < 4.78 is 21.4. The van der Waals surface area contributed by atoms with Crippen molar-refractivity contribution in [2.45, 2.75) is 13.3 Å². The minimum absolute atomic E-state index is 0.00236. The molecule has 0 saturated heterocycles. The molecule has 0 spiro atoms. The van der Waals surface area contributed by atoms with Gasteiger partial charge in [0.05, 0.1) is 5.75 Å². The number of carbonyl (C=O) groups is 1. The Bertz CT molecular complexity index is 207. The molecule has 4 nitrogen and oxygen atoms in total. The van der Waals surface area contributed by atoms with Gasteiger partial charge in [-0.05, 0) is 6.42 Å². The summed E-state index contributed by atoms with van der Waals surface area (Å²) in [4.78, 5) is 10.0. The maximum atomic E-state index is 10.7. The first-order valence-corrected chi connectivity index (χ1v) is 4.75. The second-order valence-corrected chi connectivity index (χ2v) is 4.20. The lowest BCUT2D eigenvalue weighted by molar-refractivity contribution is -0.116. The van der Waals surface area contributed by atoms with Crippen molar-refractivity contribution in [1.82, 2.24) is 5.73 Å². The number of nitrogens with one attached hydrogen (secondary N) is 1. The Morgan fingerprint density at radius 1 is 1.50 bits per heavy atom. The highest BCUT2D eigenvalue weighted by Gasteiger charge is 2.12. The molecule has 0 aromatic carbocycles. The van der Waals surface area contributed by atoms with Gasteiger partial charge >= 0.3 is 0 Å². The monoisotopic (exact) mass is 164 g/mol. The van der Waals surface area contributed by atoms with Crippen LogP contribution >= 0.6 is 0 Å². The van der Waals surface area contributed by atoms with Crippen molar-refractivity contribution in [1.29, 1.82) is 0 Å². The number of carbonyl (C=O) groups excluding carboxylic acids is 1. The molecule has 0 bridgehead atoms. The Balaban J connectivity index is 4.02. The molecule has 0 rings (SSSR count). The van der Waals surface area contributed by atoms with Crippen molar-refractivity contribution in [3.05, 3.63) is 0 Å². The van der Waals surface area contributed by atoms with Gasteiger partial charge in [0, 0.05) is 0 Å². The molecule has 0 aliphatic carbocycles. The Morgan fingerprint density at radius 3 is 2.30 bits per heavy atom. The fourth-order valence-electron chi connectivity index (χ4n) is 0.583. The summed E-state index contributed by atoms with van der Waals surface area (Å²) >= 11 is 0. The summed E-state index contributed by atoms with van der Waals surface area (Å²) in [5, 5.41) is 0. The highest BCUT2D eigenvalue weighted by atomic mass is 32.2. The molecule has 5 heteroatoms. The molecule has 0 fully saturated rings. The summed E-state index contributed by atoms with van der Waals surface area (Å²) in [6.07, 6.45) is 0.496. The van der Waals surface area contributed by atoms with Crippen molar-refractivity contribution in [2.24, 2.45) is 0 Å². The lowest BCUT2D eigenvalue weighted by atomic mass is 10.6. The lowest BCUT2D eigenvalue weighted by Crippen LogP contribution is -2.18. The van der Waals surface area contributed by atoms with Gasteiger partial charge < -0.3 is 0 Å². The Hall–Kier alpha value is -0.580. The van der Waals surface area contributed by atoms with Crippen LogP contribution in [0.4, 0.5) is 0 Å². The Kier molecular flexibility index (Phi) is 3.35. The topological polar surface area (TPSA) is 75.0 Å². The maximum absolute atomic E-state index is 10.7. The van der Waals surface area contributed by atoms with Crippen molar-refractivity contribution in [2.75, 3.05) is 11.5 Å². The van der Waals surface area contributed by atoms with E-state index in [-0.39, 0.29) is 5.75 Å². The van der Waals surface area contributed by atoms with Crippen molar-refractivity contribution < 1.29 is 13.2 Å². The first kappa shape index (κ1) is 9.42. The zero-order valence-corrected chi connectivity index (χ0v) is 6.57. The van der Waals surface area contributed by atoms with Gasteiger partial charge in [-0.2, -0.15) is 0 Å². The molecule has 0 aromatic heterocycles. The van der Waals surface area contributed by atoms with Crippen molar-refractivity contribution in [3.63, 3.8) is 0 Å². The first-order valence-electron chi connectivity index (χ1n) is 2.93. The summed E-state index contributed by atoms with van der Waals surface area (Å²) in [5.74, 6) is -1.67. The zero-order valence-electron chi connectivity index (χ0n) is 5.75. The fourth-order valence-corrected chi connectivity index (χ4v) is 1.75. The summed E-state index contributed by atoms with van der Waals surface area (Å²) in [6.45, 7) is 1.71. The molecule has 0 unspecified atom stereocenters. The molecule has 0 saturated carbocycles. The van der Waals surface area contributed by atoms with Crippen LogP contribution in [-0.4, -0.2) is 25.8 Å². The number of hydrogen-bond acceptors (Lipinski definition) is 3. The number of amides is 1. The third kappa shape index (κ3) is 4.31. The van der Waals surface area contributed by atoms with Gasteiger partial charge in [0.1, 0.15) is 5.75 Å². The van der Waals surface area contributed by atoms with Crippen molar-refractivity contribution >= 4 is 15.7 Å². The van der Waals surface area contributed by atoms with Crippen LogP contribution in [0.1, 0.15) is 13.3 Å². The predicted molar refractivity (Wildman–Crippen MR) is 37.0 cm³/mol. The number of rotatable bonds is 4. The Labute approximate surface area is 60.3 Å². The molecule has 0 atom stereocenters. The average molecular weight is 164 g/mol. The molecule has 0 aliphatic heterocycles. The SMILES string of the molecule is CCCS(=O)(=O)CC([NH])=O. The third-order valence-electron chi connectivity index (χ3n) is 0.866. The van der Waals surface area contributed by atoms with Crippen LogP contribution in [-0.2, 0) is 14.6 Å².